The second-order valence-electron chi connectivity index (χ2n) is 6.50. The summed E-state index contributed by atoms with van der Waals surface area (Å²) in [6, 6.07) is 18.3. The number of hydrogen-bond donors (Lipinski definition) is 1. The number of esters is 1. The normalized spacial score (nSPS) is 22.6. The van der Waals surface area contributed by atoms with Crippen LogP contribution < -0.4 is 5.43 Å². The molecule has 2 aliphatic rings. The van der Waals surface area contributed by atoms with E-state index in [1.54, 1.807) is 30.3 Å². The van der Waals surface area contributed by atoms with Gasteiger partial charge in [0.05, 0.1) is 17.3 Å². The van der Waals surface area contributed by atoms with Gasteiger partial charge in [-0.2, -0.15) is 5.10 Å². The molecule has 1 aliphatic heterocycles. The van der Waals surface area contributed by atoms with Crippen molar-refractivity contribution in [2.45, 2.75) is 6.92 Å². The summed E-state index contributed by atoms with van der Waals surface area (Å²) in [5.74, 6) is -1.77. The fourth-order valence-electron chi connectivity index (χ4n) is 3.35. The van der Waals surface area contributed by atoms with Crippen LogP contribution in [0.15, 0.2) is 89.2 Å². The number of hydrogen-bond acceptors (Lipinski definition) is 5. The highest BCUT2D eigenvalue weighted by atomic mass is 16.5. The van der Waals surface area contributed by atoms with Gasteiger partial charge in [-0.15, -0.1) is 0 Å². The third-order valence-electron chi connectivity index (χ3n) is 4.73. The van der Waals surface area contributed by atoms with Gasteiger partial charge in [0.1, 0.15) is 11.7 Å². The Kier molecular flexibility index (Phi) is 4.42. The van der Waals surface area contributed by atoms with Gasteiger partial charge in [-0.3, -0.25) is 15.0 Å². The van der Waals surface area contributed by atoms with E-state index in [2.05, 4.69) is 10.5 Å². The molecule has 4 rings (SSSR count). The third-order valence-corrected chi connectivity index (χ3v) is 4.73. The molecule has 1 heterocycles. The van der Waals surface area contributed by atoms with Crippen molar-refractivity contribution in [2.24, 2.45) is 16.9 Å². The first kappa shape index (κ1) is 17.0. The predicted octanol–water partition coefficient (Wildman–Crippen LogP) is 3.97. The molecule has 0 spiro atoms. The first-order valence-corrected chi connectivity index (χ1v) is 8.73. The number of carbonyl (C=O) groups excluding carboxylic acids is 2. The van der Waals surface area contributed by atoms with Crippen molar-refractivity contribution in [2.75, 3.05) is 5.43 Å². The van der Waals surface area contributed by atoms with Crippen molar-refractivity contribution in [1.29, 1.82) is 0 Å². The number of benzene rings is 2. The van der Waals surface area contributed by atoms with Crippen LogP contribution in [0.2, 0.25) is 0 Å². The molecule has 2 unspecified atom stereocenters. The molecule has 2 aromatic rings. The zero-order valence-electron chi connectivity index (χ0n) is 14.8. The van der Waals surface area contributed by atoms with E-state index < -0.39 is 17.8 Å². The molecule has 1 saturated heterocycles. The average Bonchev–Trinajstić information content (AvgIpc) is 3.04. The maximum absolute atomic E-state index is 13.0. The molecule has 27 heavy (non-hydrogen) atoms. The van der Waals surface area contributed by atoms with Crippen molar-refractivity contribution in [1.82, 2.24) is 0 Å². The van der Waals surface area contributed by atoms with Gasteiger partial charge in [0, 0.05) is 5.56 Å². The van der Waals surface area contributed by atoms with Crippen LogP contribution in [0.1, 0.15) is 17.3 Å². The van der Waals surface area contributed by atoms with Gasteiger partial charge in [-0.05, 0) is 30.7 Å². The summed E-state index contributed by atoms with van der Waals surface area (Å²) >= 11 is 0. The SMILES string of the molecule is CC1=CC=C2OC(=O)C(C(=O)c3ccccc3)C2C1=NNc1ccccc1. The van der Waals surface area contributed by atoms with Crippen LogP contribution in [0, 0.1) is 11.8 Å². The quantitative estimate of drug-likeness (QED) is 0.389. The molecule has 2 aromatic carbocycles. The van der Waals surface area contributed by atoms with E-state index in [1.165, 1.54) is 0 Å². The molecule has 0 bridgehead atoms. The number of allylic oxidation sites excluding steroid dienone is 4. The Morgan fingerprint density at radius 1 is 1.00 bits per heavy atom. The standard InChI is InChI=1S/C22H18N2O3/c1-14-12-13-17-18(20(14)24-23-16-10-6-3-7-11-16)19(22(26)27-17)21(25)15-8-4-2-5-9-15/h2-13,18-19,23H,1H3. The molecular weight excluding hydrogens is 340 g/mol. The van der Waals surface area contributed by atoms with Crippen LogP contribution in [0.4, 0.5) is 5.69 Å². The Morgan fingerprint density at radius 3 is 2.37 bits per heavy atom. The van der Waals surface area contributed by atoms with Crippen LogP contribution in [0.5, 0.6) is 0 Å². The number of fused-ring (bicyclic) bond motifs is 1. The molecule has 134 valence electrons. The number of rotatable bonds is 4. The second-order valence-corrected chi connectivity index (χ2v) is 6.50. The third kappa shape index (κ3) is 3.19. The van der Waals surface area contributed by atoms with Gasteiger partial charge >= 0.3 is 5.97 Å². The lowest BCUT2D eigenvalue weighted by Crippen LogP contribution is -2.32. The van der Waals surface area contributed by atoms with Gasteiger partial charge < -0.3 is 4.74 Å². The van der Waals surface area contributed by atoms with Crippen LogP contribution in [-0.4, -0.2) is 17.5 Å². The highest BCUT2D eigenvalue weighted by Gasteiger charge is 2.49. The molecule has 1 fully saturated rings. The lowest BCUT2D eigenvalue weighted by Gasteiger charge is -2.21. The first-order valence-electron chi connectivity index (χ1n) is 8.73. The van der Waals surface area contributed by atoms with Crippen molar-refractivity contribution >= 4 is 23.2 Å². The smallest absolute Gasteiger partial charge is 0.323 e. The van der Waals surface area contributed by atoms with E-state index in [0.29, 0.717) is 17.0 Å². The highest BCUT2D eigenvalue weighted by Crippen LogP contribution is 2.39. The van der Waals surface area contributed by atoms with E-state index in [9.17, 15) is 9.59 Å². The largest absolute Gasteiger partial charge is 0.430 e. The Morgan fingerprint density at radius 2 is 1.67 bits per heavy atom. The number of ether oxygens (including phenoxy) is 1. The molecule has 2 atom stereocenters. The van der Waals surface area contributed by atoms with Gasteiger partial charge in [-0.25, -0.2) is 0 Å². The summed E-state index contributed by atoms with van der Waals surface area (Å²) < 4.78 is 5.40. The Labute approximate surface area is 157 Å². The molecule has 1 N–H and O–H groups in total. The molecule has 1 aliphatic carbocycles. The van der Waals surface area contributed by atoms with E-state index >= 15 is 0 Å². The first-order chi connectivity index (χ1) is 13.1. The minimum atomic E-state index is -0.932. The number of carbonyl (C=O) groups is 2. The van der Waals surface area contributed by atoms with E-state index in [1.807, 2.05) is 49.4 Å². The lowest BCUT2D eigenvalue weighted by molar-refractivity contribution is -0.137. The Hall–Kier alpha value is -3.47. The Balaban J connectivity index is 1.69. The van der Waals surface area contributed by atoms with Gasteiger partial charge in [0.15, 0.2) is 5.78 Å². The minimum absolute atomic E-state index is 0.254. The zero-order chi connectivity index (χ0) is 18.8. The fourth-order valence-corrected chi connectivity index (χ4v) is 3.35. The number of para-hydroxylation sites is 1. The van der Waals surface area contributed by atoms with Gasteiger partial charge in [0.2, 0.25) is 0 Å². The molecule has 0 aromatic heterocycles. The number of nitrogens with zero attached hydrogens (tertiary/aromatic N) is 1. The predicted molar refractivity (Wildman–Crippen MR) is 103 cm³/mol. The van der Waals surface area contributed by atoms with Crippen molar-refractivity contribution in [3.05, 3.63) is 89.7 Å². The molecule has 5 nitrogen and oxygen atoms in total. The van der Waals surface area contributed by atoms with Crippen LogP contribution in [0.25, 0.3) is 0 Å². The van der Waals surface area contributed by atoms with Crippen molar-refractivity contribution < 1.29 is 14.3 Å². The summed E-state index contributed by atoms with van der Waals surface area (Å²) in [6.45, 7) is 1.91. The monoisotopic (exact) mass is 358 g/mol. The van der Waals surface area contributed by atoms with Crippen molar-refractivity contribution in [3.63, 3.8) is 0 Å². The van der Waals surface area contributed by atoms with E-state index in [4.69, 9.17) is 4.74 Å². The van der Waals surface area contributed by atoms with Crippen LogP contribution >= 0.6 is 0 Å². The average molecular weight is 358 g/mol. The Bertz CT molecular complexity index is 975. The van der Waals surface area contributed by atoms with Gasteiger partial charge in [-0.1, -0.05) is 54.6 Å². The molecule has 0 radical (unpaired) electrons. The molecule has 0 saturated carbocycles. The number of Topliss-reactive ketones (excluding diaryl/α,β-unsaturated/α-hetero) is 1. The van der Waals surface area contributed by atoms with Crippen molar-refractivity contribution in [3.8, 4) is 0 Å². The van der Waals surface area contributed by atoms with Crippen LogP contribution in [0.3, 0.4) is 0 Å². The summed E-state index contributed by atoms with van der Waals surface area (Å²) in [7, 11) is 0. The second kappa shape index (κ2) is 7.03. The maximum Gasteiger partial charge on any atom is 0.323 e. The molecule has 0 amide bonds. The summed E-state index contributed by atoms with van der Waals surface area (Å²) in [6.07, 6.45) is 3.59. The summed E-state index contributed by atoms with van der Waals surface area (Å²) in [5, 5.41) is 4.51. The fraction of sp³-hybridized carbons (Fsp3) is 0.136. The van der Waals surface area contributed by atoms with E-state index in [-0.39, 0.29) is 5.78 Å². The van der Waals surface area contributed by atoms with Crippen LogP contribution in [-0.2, 0) is 9.53 Å². The topological polar surface area (TPSA) is 67.8 Å². The van der Waals surface area contributed by atoms with Gasteiger partial charge in [0.25, 0.3) is 0 Å². The summed E-state index contributed by atoms with van der Waals surface area (Å²) in [4.78, 5) is 25.5. The summed E-state index contributed by atoms with van der Waals surface area (Å²) in [5.41, 5.74) is 5.85. The minimum Gasteiger partial charge on any atom is -0.430 e. The maximum atomic E-state index is 13.0. The lowest BCUT2D eigenvalue weighted by atomic mass is 9.79. The molecular formula is C22H18N2O3. The highest BCUT2D eigenvalue weighted by molar-refractivity contribution is 6.17. The number of hydrazone groups is 1. The molecule has 5 heteroatoms. The number of ketones is 1. The van der Waals surface area contributed by atoms with E-state index in [0.717, 1.165) is 11.3 Å². The zero-order valence-corrected chi connectivity index (χ0v) is 14.8. The number of anilines is 1. The number of nitrogens with one attached hydrogen (secondary N) is 1.